The molecule has 0 spiro atoms. The first-order chi connectivity index (χ1) is 13.8. The number of carbonyl (C=O) groups is 4. The summed E-state index contributed by atoms with van der Waals surface area (Å²) in [5.74, 6) is -2.01. The largest absolute Gasteiger partial charge is 0.449 e. The van der Waals surface area contributed by atoms with E-state index >= 15 is 0 Å². The minimum absolute atomic E-state index is 0.107. The summed E-state index contributed by atoms with van der Waals surface area (Å²) in [6.45, 7) is 5.14. The number of rotatable bonds is 6. The van der Waals surface area contributed by atoms with Gasteiger partial charge in [-0.2, -0.15) is 0 Å². The van der Waals surface area contributed by atoms with E-state index < -0.39 is 23.9 Å². The van der Waals surface area contributed by atoms with Crippen molar-refractivity contribution in [2.45, 2.75) is 39.3 Å². The number of imide groups is 1. The molecule has 0 unspecified atom stereocenters. The van der Waals surface area contributed by atoms with Gasteiger partial charge in [0.2, 0.25) is 0 Å². The molecule has 2 atom stereocenters. The molecule has 1 N–H and O–H groups in total. The summed E-state index contributed by atoms with van der Waals surface area (Å²) in [4.78, 5) is 51.0. The van der Waals surface area contributed by atoms with E-state index in [2.05, 4.69) is 5.32 Å². The second-order valence-electron chi connectivity index (χ2n) is 6.90. The van der Waals surface area contributed by atoms with Crippen LogP contribution in [0.15, 0.2) is 48.5 Å². The van der Waals surface area contributed by atoms with Gasteiger partial charge in [0, 0.05) is 11.7 Å². The molecule has 0 saturated carbocycles. The molecular formula is C22H22N2O5. The van der Waals surface area contributed by atoms with Gasteiger partial charge in [-0.25, -0.2) is 4.79 Å². The quantitative estimate of drug-likeness (QED) is 0.600. The number of ether oxygens (including phenoxy) is 1. The first-order valence-corrected chi connectivity index (χ1v) is 9.42. The average molecular weight is 394 g/mol. The van der Waals surface area contributed by atoms with Gasteiger partial charge >= 0.3 is 5.97 Å². The summed E-state index contributed by atoms with van der Waals surface area (Å²) < 4.78 is 5.23. The number of hydrogen-bond donors (Lipinski definition) is 1. The topological polar surface area (TPSA) is 92.8 Å². The van der Waals surface area contributed by atoms with Crippen LogP contribution in [0.2, 0.25) is 0 Å². The Hall–Kier alpha value is -3.48. The number of nitrogens with zero attached hydrogens (tertiary/aromatic N) is 1. The van der Waals surface area contributed by atoms with Crippen molar-refractivity contribution >= 4 is 29.4 Å². The lowest BCUT2D eigenvalue weighted by Gasteiger charge is -2.20. The molecule has 0 aliphatic carbocycles. The van der Waals surface area contributed by atoms with Crippen LogP contribution in [0.4, 0.5) is 5.69 Å². The molecule has 3 rings (SSSR count). The van der Waals surface area contributed by atoms with Gasteiger partial charge in [0.15, 0.2) is 6.10 Å². The number of para-hydroxylation sites is 1. The predicted molar refractivity (Wildman–Crippen MR) is 107 cm³/mol. The minimum Gasteiger partial charge on any atom is -0.449 e. The van der Waals surface area contributed by atoms with E-state index in [0.717, 1.165) is 0 Å². The molecular weight excluding hydrogens is 372 g/mol. The zero-order valence-electron chi connectivity index (χ0n) is 16.5. The predicted octanol–water partition coefficient (Wildman–Crippen LogP) is 3.27. The smallest absolute Gasteiger partial charge is 0.338 e. The van der Waals surface area contributed by atoms with Crippen LogP contribution in [0.1, 0.15) is 58.3 Å². The number of fused-ring (bicyclic) bond motifs is 1. The van der Waals surface area contributed by atoms with Crippen molar-refractivity contribution in [1.82, 2.24) is 4.90 Å². The van der Waals surface area contributed by atoms with Crippen molar-refractivity contribution in [3.63, 3.8) is 0 Å². The molecule has 1 heterocycles. The summed E-state index contributed by atoms with van der Waals surface area (Å²) >= 11 is 0. The fourth-order valence-electron chi connectivity index (χ4n) is 3.02. The first kappa shape index (κ1) is 20.3. The van der Waals surface area contributed by atoms with Crippen molar-refractivity contribution in [2.24, 2.45) is 0 Å². The van der Waals surface area contributed by atoms with Gasteiger partial charge in [-0.15, -0.1) is 0 Å². The molecule has 3 amide bonds. The molecule has 0 radical (unpaired) electrons. The van der Waals surface area contributed by atoms with Crippen molar-refractivity contribution in [1.29, 1.82) is 0 Å². The molecule has 0 aromatic heterocycles. The number of anilines is 1. The van der Waals surface area contributed by atoms with E-state index in [-0.39, 0.29) is 28.6 Å². The number of nitrogens with one attached hydrogen (secondary N) is 1. The lowest BCUT2D eigenvalue weighted by Crippen LogP contribution is -2.37. The highest BCUT2D eigenvalue weighted by atomic mass is 16.5. The summed E-state index contributed by atoms with van der Waals surface area (Å²) in [5, 5.41) is 2.66. The van der Waals surface area contributed by atoms with Crippen molar-refractivity contribution in [3.05, 3.63) is 65.2 Å². The molecule has 0 bridgehead atoms. The number of benzene rings is 2. The first-order valence-electron chi connectivity index (χ1n) is 9.42. The van der Waals surface area contributed by atoms with E-state index in [9.17, 15) is 19.2 Å². The van der Waals surface area contributed by atoms with Gasteiger partial charge in [-0.1, -0.05) is 25.1 Å². The Morgan fingerprint density at radius 2 is 1.66 bits per heavy atom. The Labute approximate surface area is 168 Å². The maximum Gasteiger partial charge on any atom is 0.338 e. The van der Waals surface area contributed by atoms with Gasteiger partial charge in [0.05, 0.1) is 16.7 Å². The third-order valence-corrected chi connectivity index (χ3v) is 4.88. The van der Waals surface area contributed by atoms with E-state index in [4.69, 9.17) is 4.74 Å². The molecule has 1 aliphatic heterocycles. The molecule has 1 aliphatic rings. The van der Waals surface area contributed by atoms with Crippen LogP contribution in [-0.2, 0) is 9.53 Å². The lowest BCUT2D eigenvalue weighted by molar-refractivity contribution is -0.123. The third-order valence-electron chi connectivity index (χ3n) is 4.88. The van der Waals surface area contributed by atoms with Gasteiger partial charge in [0.25, 0.3) is 17.7 Å². The fraction of sp³-hybridized carbons (Fsp3) is 0.273. The van der Waals surface area contributed by atoms with Crippen LogP contribution >= 0.6 is 0 Å². The molecule has 150 valence electrons. The number of carbonyl (C=O) groups excluding carboxylic acids is 4. The van der Waals surface area contributed by atoms with Gasteiger partial charge in [-0.05, 0) is 50.6 Å². The van der Waals surface area contributed by atoms with Crippen LogP contribution in [-0.4, -0.2) is 40.7 Å². The van der Waals surface area contributed by atoms with Gasteiger partial charge in [0.1, 0.15) is 0 Å². The Morgan fingerprint density at radius 3 is 2.31 bits per heavy atom. The summed E-state index contributed by atoms with van der Waals surface area (Å²) in [6.07, 6.45) is -0.404. The van der Waals surface area contributed by atoms with Crippen molar-refractivity contribution in [2.75, 3.05) is 5.32 Å². The van der Waals surface area contributed by atoms with Crippen LogP contribution in [0.3, 0.4) is 0 Å². The van der Waals surface area contributed by atoms with E-state index in [1.54, 1.807) is 31.2 Å². The molecule has 7 heteroatoms. The second-order valence-corrected chi connectivity index (χ2v) is 6.90. The van der Waals surface area contributed by atoms with Crippen molar-refractivity contribution < 1.29 is 23.9 Å². The second kappa shape index (κ2) is 8.26. The van der Waals surface area contributed by atoms with E-state index in [0.29, 0.717) is 12.1 Å². The van der Waals surface area contributed by atoms with Gasteiger partial charge in [-0.3, -0.25) is 19.3 Å². The lowest BCUT2D eigenvalue weighted by atomic mass is 10.1. The fourth-order valence-corrected chi connectivity index (χ4v) is 3.02. The third kappa shape index (κ3) is 4.03. The highest BCUT2D eigenvalue weighted by Crippen LogP contribution is 2.27. The van der Waals surface area contributed by atoms with Crippen LogP contribution in [0.5, 0.6) is 0 Å². The molecule has 0 saturated heterocycles. The normalized spacial score (nSPS) is 14.9. The average Bonchev–Trinajstić information content (AvgIpc) is 2.98. The number of esters is 1. The highest BCUT2D eigenvalue weighted by Gasteiger charge is 2.38. The Kier molecular flexibility index (Phi) is 5.77. The number of hydrogen-bond acceptors (Lipinski definition) is 5. The maximum absolute atomic E-state index is 12.6. The van der Waals surface area contributed by atoms with E-state index in [1.165, 1.54) is 30.0 Å². The van der Waals surface area contributed by atoms with E-state index in [1.807, 2.05) is 13.0 Å². The summed E-state index contributed by atoms with van der Waals surface area (Å²) in [5.41, 5.74) is 1.13. The summed E-state index contributed by atoms with van der Waals surface area (Å²) in [6, 6.07) is 12.8. The molecule has 29 heavy (non-hydrogen) atoms. The van der Waals surface area contributed by atoms with Gasteiger partial charge < -0.3 is 10.1 Å². The summed E-state index contributed by atoms with van der Waals surface area (Å²) in [7, 11) is 0. The zero-order chi connectivity index (χ0) is 21.1. The standard InChI is InChI=1S/C22H22N2O5/c1-4-13(2)24-20(26)17-11-10-15(12-18(17)21(24)27)22(28)29-14(3)19(25)23-16-8-6-5-7-9-16/h5-14H,4H2,1-3H3,(H,23,25)/t13-,14+/m1/s1. The van der Waals surface area contributed by atoms with Crippen LogP contribution in [0, 0.1) is 0 Å². The molecule has 2 aromatic rings. The highest BCUT2D eigenvalue weighted by molar-refractivity contribution is 6.22. The Morgan fingerprint density at radius 1 is 1.00 bits per heavy atom. The molecule has 0 fully saturated rings. The minimum atomic E-state index is -1.04. The maximum atomic E-state index is 12.6. The SMILES string of the molecule is CC[C@@H](C)N1C(=O)c2ccc(C(=O)O[C@@H](C)C(=O)Nc3ccccc3)cc2C1=O. The van der Waals surface area contributed by atoms with Crippen LogP contribution in [0.25, 0.3) is 0 Å². The molecule has 2 aromatic carbocycles. The Bertz CT molecular complexity index is 970. The Balaban J connectivity index is 1.72. The van der Waals surface area contributed by atoms with Crippen LogP contribution < -0.4 is 5.32 Å². The van der Waals surface area contributed by atoms with Crippen molar-refractivity contribution in [3.8, 4) is 0 Å². The zero-order valence-corrected chi connectivity index (χ0v) is 16.5. The molecule has 7 nitrogen and oxygen atoms in total. The monoisotopic (exact) mass is 394 g/mol. The number of amides is 3.